The summed E-state index contributed by atoms with van der Waals surface area (Å²) in [5.41, 5.74) is 1.30. The normalized spacial score (nSPS) is 14.0. The zero-order valence-corrected chi connectivity index (χ0v) is 13.1. The number of carbonyl (C=O) groups excluding carboxylic acids is 1. The predicted octanol–water partition coefficient (Wildman–Crippen LogP) is 3.06. The van der Waals surface area contributed by atoms with Gasteiger partial charge in [-0.3, -0.25) is 4.79 Å². The van der Waals surface area contributed by atoms with Crippen LogP contribution >= 0.6 is 0 Å². The Morgan fingerprint density at radius 3 is 2.35 bits per heavy atom. The van der Waals surface area contributed by atoms with Crippen LogP contribution < -0.4 is 5.32 Å². The molecule has 0 saturated carbocycles. The maximum absolute atomic E-state index is 13.5. The Morgan fingerprint density at radius 1 is 1.25 bits per heavy atom. The Balaban J connectivity index is 3.13. The van der Waals surface area contributed by atoms with Gasteiger partial charge in [0, 0.05) is 18.2 Å². The SMILES string of the molecule is CC(=O)Nc1cc(F)cc(C(C)=NS(=O)C(C)(C)C)c1. The Labute approximate surface area is 121 Å². The average Bonchev–Trinajstić information content (AvgIpc) is 2.25. The number of hydrogen-bond acceptors (Lipinski definition) is 2. The van der Waals surface area contributed by atoms with Gasteiger partial charge in [-0.25, -0.2) is 8.60 Å². The molecule has 0 aliphatic carbocycles. The zero-order chi connectivity index (χ0) is 15.5. The number of hydrogen-bond donors (Lipinski definition) is 1. The highest BCUT2D eigenvalue weighted by Crippen LogP contribution is 2.17. The van der Waals surface area contributed by atoms with Crippen LogP contribution in [0, 0.1) is 5.82 Å². The molecule has 0 fully saturated rings. The van der Waals surface area contributed by atoms with E-state index in [9.17, 15) is 13.4 Å². The number of amides is 1. The van der Waals surface area contributed by atoms with Crippen molar-refractivity contribution in [1.29, 1.82) is 0 Å². The Bertz CT molecular complexity index is 577. The Morgan fingerprint density at radius 2 is 1.85 bits per heavy atom. The van der Waals surface area contributed by atoms with Crippen molar-refractivity contribution < 1.29 is 13.4 Å². The molecule has 6 heteroatoms. The standard InChI is InChI=1S/C14H19FN2O2S/c1-9(17-20(19)14(3,4)5)11-6-12(15)8-13(7-11)16-10(2)18/h6-8H,1-5H3,(H,16,18). The molecular weight excluding hydrogens is 279 g/mol. The zero-order valence-electron chi connectivity index (χ0n) is 12.3. The highest BCUT2D eigenvalue weighted by atomic mass is 32.2. The van der Waals surface area contributed by atoms with Crippen molar-refractivity contribution in [2.75, 3.05) is 5.32 Å². The number of halogens is 1. The van der Waals surface area contributed by atoms with E-state index in [0.717, 1.165) is 0 Å². The molecule has 0 radical (unpaired) electrons. The van der Waals surface area contributed by atoms with Gasteiger partial charge in [0.25, 0.3) is 0 Å². The third-order valence-electron chi connectivity index (χ3n) is 2.38. The summed E-state index contributed by atoms with van der Waals surface area (Å²) >= 11 is 0. The molecular formula is C14H19FN2O2S. The summed E-state index contributed by atoms with van der Waals surface area (Å²) in [5.74, 6) is -0.767. The van der Waals surface area contributed by atoms with E-state index in [0.29, 0.717) is 17.0 Å². The monoisotopic (exact) mass is 298 g/mol. The van der Waals surface area contributed by atoms with Gasteiger partial charge in [0.2, 0.25) is 5.91 Å². The number of benzene rings is 1. The van der Waals surface area contributed by atoms with E-state index in [4.69, 9.17) is 0 Å². The second-order valence-electron chi connectivity index (χ2n) is 5.45. The quantitative estimate of drug-likeness (QED) is 0.872. The van der Waals surface area contributed by atoms with Gasteiger partial charge >= 0.3 is 0 Å². The maximum Gasteiger partial charge on any atom is 0.221 e. The van der Waals surface area contributed by atoms with Crippen LogP contribution in [0.3, 0.4) is 0 Å². The van der Waals surface area contributed by atoms with E-state index in [-0.39, 0.29) is 5.91 Å². The fraction of sp³-hybridized carbons (Fsp3) is 0.429. The van der Waals surface area contributed by atoms with Gasteiger partial charge in [0.05, 0.1) is 10.5 Å². The lowest BCUT2D eigenvalue weighted by molar-refractivity contribution is -0.114. The van der Waals surface area contributed by atoms with Crippen LogP contribution in [0.1, 0.15) is 40.2 Å². The number of carbonyl (C=O) groups is 1. The van der Waals surface area contributed by atoms with Gasteiger partial charge in [-0.1, -0.05) is 0 Å². The van der Waals surface area contributed by atoms with Gasteiger partial charge < -0.3 is 5.32 Å². The minimum atomic E-state index is -1.41. The van der Waals surface area contributed by atoms with E-state index < -0.39 is 21.5 Å². The number of rotatable bonds is 3. The number of anilines is 1. The summed E-state index contributed by atoms with van der Waals surface area (Å²) in [6.07, 6.45) is 0. The Kier molecular flexibility index (Phi) is 5.16. The summed E-state index contributed by atoms with van der Waals surface area (Å²) in [5, 5.41) is 2.51. The molecule has 0 heterocycles. The van der Waals surface area contributed by atoms with Gasteiger partial charge in [-0.05, 0) is 45.9 Å². The smallest absolute Gasteiger partial charge is 0.221 e. The van der Waals surface area contributed by atoms with E-state index in [1.165, 1.54) is 19.1 Å². The van der Waals surface area contributed by atoms with Gasteiger partial charge in [0.1, 0.15) is 16.8 Å². The van der Waals surface area contributed by atoms with E-state index in [1.54, 1.807) is 13.0 Å². The van der Waals surface area contributed by atoms with Crippen molar-refractivity contribution in [2.45, 2.75) is 39.4 Å². The second-order valence-corrected chi connectivity index (χ2v) is 7.35. The first-order chi connectivity index (χ1) is 9.09. The summed E-state index contributed by atoms with van der Waals surface area (Å²) in [6.45, 7) is 8.45. The second kappa shape index (κ2) is 6.26. The first kappa shape index (κ1) is 16.5. The average molecular weight is 298 g/mol. The minimum Gasteiger partial charge on any atom is -0.326 e. The first-order valence-corrected chi connectivity index (χ1v) is 7.26. The summed E-state index contributed by atoms with van der Waals surface area (Å²) in [7, 11) is -1.41. The fourth-order valence-corrected chi connectivity index (χ4v) is 2.02. The molecule has 1 amide bonds. The number of nitrogens with one attached hydrogen (secondary N) is 1. The molecule has 4 nitrogen and oxygen atoms in total. The molecule has 0 bridgehead atoms. The first-order valence-electron chi connectivity index (χ1n) is 6.15. The maximum atomic E-state index is 13.5. The highest BCUT2D eigenvalue weighted by molar-refractivity contribution is 7.85. The van der Waals surface area contributed by atoms with Crippen LogP contribution in [0.4, 0.5) is 10.1 Å². The number of nitrogens with zero attached hydrogens (tertiary/aromatic N) is 1. The molecule has 20 heavy (non-hydrogen) atoms. The molecule has 0 aromatic heterocycles. The lowest BCUT2D eigenvalue weighted by Crippen LogP contribution is -2.20. The van der Waals surface area contributed by atoms with Crippen molar-refractivity contribution in [2.24, 2.45) is 4.40 Å². The molecule has 1 aromatic rings. The van der Waals surface area contributed by atoms with Gasteiger partial charge in [-0.2, -0.15) is 4.40 Å². The Hall–Kier alpha value is -1.56. The van der Waals surface area contributed by atoms with Crippen molar-refractivity contribution in [3.05, 3.63) is 29.6 Å². The van der Waals surface area contributed by atoms with Crippen molar-refractivity contribution in [3.8, 4) is 0 Å². The van der Waals surface area contributed by atoms with Crippen LogP contribution in [0.2, 0.25) is 0 Å². The van der Waals surface area contributed by atoms with Crippen LogP contribution in [-0.4, -0.2) is 20.6 Å². The topological polar surface area (TPSA) is 58.5 Å². The molecule has 110 valence electrons. The molecule has 0 spiro atoms. The van der Waals surface area contributed by atoms with Gasteiger partial charge in [0.15, 0.2) is 0 Å². The molecule has 1 atom stereocenters. The molecule has 1 unspecified atom stereocenters. The van der Waals surface area contributed by atoms with Crippen molar-refractivity contribution in [3.63, 3.8) is 0 Å². The molecule has 0 saturated heterocycles. The van der Waals surface area contributed by atoms with Gasteiger partial charge in [-0.15, -0.1) is 0 Å². The molecule has 0 aliphatic heterocycles. The van der Waals surface area contributed by atoms with Crippen LogP contribution in [0.5, 0.6) is 0 Å². The van der Waals surface area contributed by atoms with Crippen LogP contribution in [0.15, 0.2) is 22.6 Å². The van der Waals surface area contributed by atoms with Crippen LogP contribution in [0.25, 0.3) is 0 Å². The molecule has 1 rings (SSSR count). The highest BCUT2D eigenvalue weighted by Gasteiger charge is 2.19. The summed E-state index contributed by atoms with van der Waals surface area (Å²) < 4.78 is 29.1. The largest absolute Gasteiger partial charge is 0.326 e. The van der Waals surface area contributed by atoms with E-state index >= 15 is 0 Å². The predicted molar refractivity (Wildman–Crippen MR) is 80.8 cm³/mol. The molecule has 1 aromatic carbocycles. The summed E-state index contributed by atoms with van der Waals surface area (Å²) in [6, 6.07) is 4.12. The third-order valence-corrected chi connectivity index (χ3v) is 3.87. The lowest BCUT2D eigenvalue weighted by Gasteiger charge is -2.14. The van der Waals surface area contributed by atoms with Crippen molar-refractivity contribution >= 4 is 28.3 Å². The van der Waals surface area contributed by atoms with Crippen LogP contribution in [-0.2, 0) is 15.8 Å². The minimum absolute atomic E-state index is 0.283. The fourth-order valence-electron chi connectivity index (χ4n) is 1.39. The van der Waals surface area contributed by atoms with Crippen molar-refractivity contribution in [1.82, 2.24) is 0 Å². The summed E-state index contributed by atoms with van der Waals surface area (Å²) in [4.78, 5) is 11.0. The molecule has 1 N–H and O–H groups in total. The molecule has 0 aliphatic rings. The lowest BCUT2D eigenvalue weighted by atomic mass is 10.1. The van der Waals surface area contributed by atoms with E-state index in [1.807, 2.05) is 20.8 Å². The van der Waals surface area contributed by atoms with E-state index in [2.05, 4.69) is 9.71 Å². The third kappa shape index (κ3) is 4.85.